The normalized spacial score (nSPS) is 25.8. The highest BCUT2D eigenvalue weighted by molar-refractivity contribution is 5.74. The average Bonchev–Trinajstić information content (AvgIpc) is 2.75. The van der Waals surface area contributed by atoms with E-state index in [0.29, 0.717) is 32.1 Å². The number of likely N-dealkylation sites (tertiary alicyclic amines) is 1. The van der Waals surface area contributed by atoms with Gasteiger partial charge in [-0.2, -0.15) is 5.26 Å². The van der Waals surface area contributed by atoms with Crippen LogP contribution in [-0.4, -0.2) is 60.0 Å². The Balaban J connectivity index is 1.85. The first-order valence-corrected chi connectivity index (χ1v) is 5.89. The predicted octanol–water partition coefficient (Wildman–Crippen LogP) is 0.547. The Morgan fingerprint density at radius 2 is 1.88 bits per heavy atom. The molecule has 2 aliphatic rings. The fraction of sp³-hybridized carbons (Fsp3) is 0.818. The molecule has 0 bridgehead atoms. The van der Waals surface area contributed by atoms with Gasteiger partial charge in [-0.1, -0.05) is 6.92 Å². The van der Waals surface area contributed by atoms with Gasteiger partial charge in [0.1, 0.15) is 0 Å². The molecule has 1 unspecified atom stereocenters. The van der Waals surface area contributed by atoms with Crippen molar-refractivity contribution in [3.05, 3.63) is 0 Å². The van der Waals surface area contributed by atoms with Gasteiger partial charge >= 0.3 is 6.03 Å². The number of nitrogens with zero attached hydrogens (tertiary/aromatic N) is 4. The van der Waals surface area contributed by atoms with Crippen LogP contribution < -0.4 is 0 Å². The molecular weight excluding hydrogens is 204 g/mol. The third-order valence-electron chi connectivity index (χ3n) is 3.39. The summed E-state index contributed by atoms with van der Waals surface area (Å²) in [4.78, 5) is 17.6. The second-order valence-electron chi connectivity index (χ2n) is 4.70. The summed E-state index contributed by atoms with van der Waals surface area (Å²) in [6.45, 7) is 6.66. The van der Waals surface area contributed by atoms with Gasteiger partial charge in [-0.3, -0.25) is 0 Å². The number of rotatable bonds is 0. The van der Waals surface area contributed by atoms with Crippen LogP contribution >= 0.6 is 0 Å². The zero-order valence-electron chi connectivity index (χ0n) is 9.72. The number of carbonyl (C=O) groups excluding carboxylic acids is 1. The van der Waals surface area contributed by atoms with Gasteiger partial charge in [0, 0.05) is 39.3 Å². The van der Waals surface area contributed by atoms with E-state index in [1.54, 1.807) is 4.90 Å². The van der Waals surface area contributed by atoms with Gasteiger partial charge in [0.15, 0.2) is 6.19 Å². The van der Waals surface area contributed by atoms with Crippen LogP contribution in [0, 0.1) is 17.4 Å². The SMILES string of the molecule is CC1CCN(C(=O)N2CCN(C#N)CC2)C1. The number of carbonyl (C=O) groups is 1. The molecule has 0 aromatic carbocycles. The molecule has 0 N–H and O–H groups in total. The van der Waals surface area contributed by atoms with E-state index in [9.17, 15) is 4.79 Å². The van der Waals surface area contributed by atoms with E-state index in [1.165, 1.54) is 0 Å². The molecule has 0 aromatic rings. The van der Waals surface area contributed by atoms with Gasteiger partial charge < -0.3 is 14.7 Å². The molecule has 2 fully saturated rings. The molecule has 16 heavy (non-hydrogen) atoms. The van der Waals surface area contributed by atoms with Crippen LogP contribution in [0.1, 0.15) is 13.3 Å². The molecule has 2 heterocycles. The lowest BCUT2D eigenvalue weighted by Gasteiger charge is -2.34. The first-order chi connectivity index (χ1) is 7.70. The fourth-order valence-corrected chi connectivity index (χ4v) is 2.31. The lowest BCUT2D eigenvalue weighted by Crippen LogP contribution is -2.51. The van der Waals surface area contributed by atoms with Gasteiger partial charge in [-0.15, -0.1) is 0 Å². The van der Waals surface area contributed by atoms with Crippen molar-refractivity contribution in [3.63, 3.8) is 0 Å². The summed E-state index contributed by atoms with van der Waals surface area (Å²) in [5.41, 5.74) is 0. The van der Waals surface area contributed by atoms with Gasteiger partial charge in [0.2, 0.25) is 0 Å². The number of urea groups is 1. The number of amides is 2. The van der Waals surface area contributed by atoms with E-state index in [4.69, 9.17) is 5.26 Å². The molecule has 5 nitrogen and oxygen atoms in total. The Hall–Kier alpha value is -1.44. The first-order valence-electron chi connectivity index (χ1n) is 5.89. The van der Waals surface area contributed by atoms with E-state index in [2.05, 4.69) is 13.1 Å². The number of hydrogen-bond donors (Lipinski definition) is 0. The van der Waals surface area contributed by atoms with Crippen LogP contribution in [0.15, 0.2) is 0 Å². The van der Waals surface area contributed by atoms with Gasteiger partial charge in [0.05, 0.1) is 0 Å². The maximum Gasteiger partial charge on any atom is 0.320 e. The summed E-state index contributed by atoms with van der Waals surface area (Å²) in [5, 5.41) is 8.72. The Labute approximate surface area is 96.2 Å². The van der Waals surface area contributed by atoms with Crippen molar-refractivity contribution < 1.29 is 4.79 Å². The Kier molecular flexibility index (Phi) is 3.18. The third-order valence-corrected chi connectivity index (χ3v) is 3.39. The van der Waals surface area contributed by atoms with E-state index >= 15 is 0 Å². The number of hydrogen-bond acceptors (Lipinski definition) is 3. The van der Waals surface area contributed by atoms with Crippen LogP contribution in [0.2, 0.25) is 0 Å². The molecule has 0 aliphatic carbocycles. The molecule has 5 heteroatoms. The van der Waals surface area contributed by atoms with Gasteiger partial charge in [0.25, 0.3) is 0 Å². The highest BCUT2D eigenvalue weighted by Crippen LogP contribution is 2.17. The average molecular weight is 222 g/mol. The molecule has 2 amide bonds. The van der Waals surface area contributed by atoms with E-state index in [0.717, 1.165) is 19.5 Å². The Morgan fingerprint density at radius 1 is 1.19 bits per heavy atom. The van der Waals surface area contributed by atoms with Gasteiger partial charge in [-0.25, -0.2) is 4.79 Å². The minimum atomic E-state index is 0.155. The maximum atomic E-state index is 12.1. The summed E-state index contributed by atoms with van der Waals surface area (Å²) in [7, 11) is 0. The van der Waals surface area contributed by atoms with Crippen LogP contribution in [0.4, 0.5) is 4.79 Å². The molecular formula is C11H18N4O. The highest BCUT2D eigenvalue weighted by atomic mass is 16.2. The standard InChI is InChI=1S/C11H18N4O/c1-10-2-3-15(8-10)11(16)14-6-4-13(9-12)5-7-14/h10H,2-8H2,1H3. The van der Waals surface area contributed by atoms with Crippen LogP contribution in [0.25, 0.3) is 0 Å². The van der Waals surface area contributed by atoms with E-state index < -0.39 is 0 Å². The third kappa shape index (κ3) is 2.21. The molecule has 0 saturated carbocycles. The van der Waals surface area contributed by atoms with Crippen LogP contribution in [0.3, 0.4) is 0 Å². The van der Waals surface area contributed by atoms with Gasteiger partial charge in [-0.05, 0) is 12.3 Å². The monoisotopic (exact) mass is 222 g/mol. The first kappa shape index (κ1) is 11.1. The molecule has 0 radical (unpaired) electrons. The van der Waals surface area contributed by atoms with E-state index in [1.807, 2.05) is 9.80 Å². The minimum Gasteiger partial charge on any atom is -0.324 e. The molecule has 0 aromatic heterocycles. The second-order valence-corrected chi connectivity index (χ2v) is 4.70. The molecule has 88 valence electrons. The summed E-state index contributed by atoms with van der Waals surface area (Å²) in [5.74, 6) is 0.629. The van der Waals surface area contributed by atoms with Crippen molar-refractivity contribution in [2.45, 2.75) is 13.3 Å². The number of piperazine rings is 1. The van der Waals surface area contributed by atoms with Crippen molar-refractivity contribution >= 4 is 6.03 Å². The van der Waals surface area contributed by atoms with E-state index in [-0.39, 0.29) is 6.03 Å². The van der Waals surface area contributed by atoms with Crippen molar-refractivity contribution in [1.82, 2.24) is 14.7 Å². The zero-order valence-corrected chi connectivity index (χ0v) is 9.72. The predicted molar refractivity (Wildman–Crippen MR) is 59.5 cm³/mol. The zero-order chi connectivity index (χ0) is 11.5. The molecule has 1 atom stereocenters. The number of nitriles is 1. The Morgan fingerprint density at radius 3 is 2.38 bits per heavy atom. The lowest BCUT2D eigenvalue weighted by molar-refractivity contribution is 0.136. The molecule has 2 saturated heterocycles. The smallest absolute Gasteiger partial charge is 0.320 e. The lowest BCUT2D eigenvalue weighted by atomic mass is 10.2. The summed E-state index contributed by atoms with van der Waals surface area (Å²) >= 11 is 0. The quantitative estimate of drug-likeness (QED) is 0.562. The molecule has 2 aliphatic heterocycles. The fourth-order valence-electron chi connectivity index (χ4n) is 2.31. The van der Waals surface area contributed by atoms with Crippen LogP contribution in [-0.2, 0) is 0 Å². The van der Waals surface area contributed by atoms with Crippen molar-refractivity contribution in [3.8, 4) is 6.19 Å². The maximum absolute atomic E-state index is 12.1. The topological polar surface area (TPSA) is 50.6 Å². The summed E-state index contributed by atoms with van der Waals surface area (Å²) in [6, 6.07) is 0.155. The summed E-state index contributed by atoms with van der Waals surface area (Å²) in [6.07, 6.45) is 3.24. The minimum absolute atomic E-state index is 0.155. The van der Waals surface area contributed by atoms with Crippen molar-refractivity contribution in [2.24, 2.45) is 5.92 Å². The van der Waals surface area contributed by atoms with Crippen molar-refractivity contribution in [2.75, 3.05) is 39.3 Å². The molecule has 0 spiro atoms. The molecule has 2 rings (SSSR count). The van der Waals surface area contributed by atoms with Crippen LogP contribution in [0.5, 0.6) is 0 Å². The largest absolute Gasteiger partial charge is 0.324 e. The summed E-state index contributed by atoms with van der Waals surface area (Å²) < 4.78 is 0. The van der Waals surface area contributed by atoms with Crippen molar-refractivity contribution in [1.29, 1.82) is 5.26 Å². The highest BCUT2D eigenvalue weighted by Gasteiger charge is 2.28. The second kappa shape index (κ2) is 4.60. The Bertz CT molecular complexity index is 304.